The highest BCUT2D eigenvalue weighted by Gasteiger charge is 2.32. The van der Waals surface area contributed by atoms with Crippen LogP contribution >= 0.6 is 15.9 Å². The van der Waals surface area contributed by atoms with Gasteiger partial charge in [0.25, 0.3) is 0 Å². The van der Waals surface area contributed by atoms with Gasteiger partial charge in [0, 0.05) is 23.2 Å². The molecule has 1 heterocycles. The number of hydrogen-bond acceptors (Lipinski definition) is 3. The summed E-state index contributed by atoms with van der Waals surface area (Å²) in [5.74, 6) is 0. The molecule has 0 bridgehead atoms. The average molecular weight is 270 g/mol. The highest BCUT2D eigenvalue weighted by atomic mass is 79.9. The molecule has 1 aliphatic heterocycles. The first-order valence-electron chi connectivity index (χ1n) is 5.19. The number of halogens is 1. The molecular formula is C11H16BrN3. The molecule has 15 heavy (non-hydrogen) atoms. The lowest BCUT2D eigenvalue weighted by atomic mass is 9.98. The van der Waals surface area contributed by atoms with E-state index in [-0.39, 0.29) is 5.54 Å². The molecule has 0 spiro atoms. The molecule has 82 valence electrons. The van der Waals surface area contributed by atoms with Crippen LogP contribution in [-0.2, 0) is 0 Å². The van der Waals surface area contributed by atoms with E-state index >= 15 is 0 Å². The number of anilines is 1. The molecule has 3 nitrogen and oxygen atoms in total. The van der Waals surface area contributed by atoms with Crippen LogP contribution in [-0.4, -0.2) is 25.2 Å². The SMILES string of the molecule is NCC1(Nc2ccccc2Br)CCNC1. The van der Waals surface area contributed by atoms with Crippen LogP contribution in [0.4, 0.5) is 5.69 Å². The summed E-state index contributed by atoms with van der Waals surface area (Å²) < 4.78 is 1.09. The van der Waals surface area contributed by atoms with Crippen LogP contribution in [0.15, 0.2) is 28.7 Å². The van der Waals surface area contributed by atoms with Gasteiger partial charge >= 0.3 is 0 Å². The maximum atomic E-state index is 5.85. The van der Waals surface area contributed by atoms with Crippen molar-refractivity contribution < 1.29 is 0 Å². The van der Waals surface area contributed by atoms with Crippen molar-refractivity contribution in [2.75, 3.05) is 25.0 Å². The number of para-hydroxylation sites is 1. The molecule has 1 unspecified atom stereocenters. The van der Waals surface area contributed by atoms with Crippen molar-refractivity contribution >= 4 is 21.6 Å². The molecule has 1 fully saturated rings. The van der Waals surface area contributed by atoms with E-state index < -0.39 is 0 Å². The Hall–Kier alpha value is -0.580. The fourth-order valence-corrected chi connectivity index (χ4v) is 2.31. The second-order valence-electron chi connectivity index (χ2n) is 4.02. The summed E-state index contributed by atoms with van der Waals surface area (Å²) >= 11 is 3.53. The molecule has 1 atom stereocenters. The van der Waals surface area contributed by atoms with E-state index in [1.54, 1.807) is 0 Å². The summed E-state index contributed by atoms with van der Waals surface area (Å²) in [5.41, 5.74) is 6.98. The van der Waals surface area contributed by atoms with Crippen LogP contribution in [0.3, 0.4) is 0 Å². The zero-order chi connectivity index (χ0) is 10.7. The molecule has 1 aromatic rings. The first kappa shape index (κ1) is 10.9. The van der Waals surface area contributed by atoms with Gasteiger partial charge in [-0.15, -0.1) is 0 Å². The number of nitrogens with one attached hydrogen (secondary N) is 2. The van der Waals surface area contributed by atoms with Crippen molar-refractivity contribution in [3.8, 4) is 0 Å². The highest BCUT2D eigenvalue weighted by Crippen LogP contribution is 2.27. The van der Waals surface area contributed by atoms with Gasteiger partial charge in [-0.05, 0) is 41.0 Å². The van der Waals surface area contributed by atoms with E-state index in [2.05, 4.69) is 32.6 Å². The lowest BCUT2D eigenvalue weighted by Gasteiger charge is -2.29. The van der Waals surface area contributed by atoms with Crippen LogP contribution in [0.2, 0.25) is 0 Å². The van der Waals surface area contributed by atoms with Crippen molar-refractivity contribution in [3.05, 3.63) is 28.7 Å². The standard InChI is InChI=1S/C11H16BrN3/c12-9-3-1-2-4-10(9)15-11(7-13)5-6-14-8-11/h1-4,14-15H,5-8,13H2. The predicted molar refractivity (Wildman–Crippen MR) is 67.0 cm³/mol. The van der Waals surface area contributed by atoms with Crippen molar-refractivity contribution in [3.63, 3.8) is 0 Å². The molecule has 1 saturated heterocycles. The highest BCUT2D eigenvalue weighted by molar-refractivity contribution is 9.10. The van der Waals surface area contributed by atoms with Crippen LogP contribution in [0.25, 0.3) is 0 Å². The first-order valence-corrected chi connectivity index (χ1v) is 5.99. The van der Waals surface area contributed by atoms with Gasteiger partial charge in [0.2, 0.25) is 0 Å². The molecule has 0 saturated carbocycles. The quantitative estimate of drug-likeness (QED) is 0.781. The Balaban J connectivity index is 2.16. The molecule has 1 aliphatic rings. The Bertz CT molecular complexity index is 334. The summed E-state index contributed by atoms with van der Waals surface area (Å²) in [6.07, 6.45) is 1.07. The molecule has 4 N–H and O–H groups in total. The van der Waals surface area contributed by atoms with Crippen LogP contribution in [0.5, 0.6) is 0 Å². The van der Waals surface area contributed by atoms with E-state index in [4.69, 9.17) is 5.73 Å². The van der Waals surface area contributed by atoms with Gasteiger partial charge in [0.1, 0.15) is 0 Å². The molecule has 0 amide bonds. The number of hydrogen-bond donors (Lipinski definition) is 3. The van der Waals surface area contributed by atoms with Crippen LogP contribution < -0.4 is 16.4 Å². The van der Waals surface area contributed by atoms with E-state index in [9.17, 15) is 0 Å². The minimum Gasteiger partial charge on any atom is -0.376 e. The average Bonchev–Trinajstić information content (AvgIpc) is 2.71. The third kappa shape index (κ3) is 2.33. The van der Waals surface area contributed by atoms with E-state index in [1.807, 2.05) is 18.2 Å². The van der Waals surface area contributed by atoms with E-state index in [0.717, 1.165) is 29.7 Å². The second-order valence-corrected chi connectivity index (χ2v) is 4.87. The topological polar surface area (TPSA) is 50.1 Å². The zero-order valence-corrected chi connectivity index (χ0v) is 10.2. The minimum atomic E-state index is 0.0177. The number of nitrogens with two attached hydrogens (primary N) is 1. The van der Waals surface area contributed by atoms with Gasteiger partial charge in [-0.1, -0.05) is 12.1 Å². The van der Waals surface area contributed by atoms with Gasteiger partial charge in [-0.3, -0.25) is 0 Å². The van der Waals surface area contributed by atoms with E-state index in [0.29, 0.717) is 6.54 Å². The third-order valence-electron chi connectivity index (χ3n) is 2.91. The fourth-order valence-electron chi connectivity index (χ4n) is 1.92. The van der Waals surface area contributed by atoms with Crippen molar-refractivity contribution in [2.45, 2.75) is 12.0 Å². The third-order valence-corrected chi connectivity index (χ3v) is 3.60. The molecule has 1 aromatic carbocycles. The molecule has 0 aliphatic carbocycles. The van der Waals surface area contributed by atoms with Gasteiger partial charge < -0.3 is 16.4 Å². The smallest absolute Gasteiger partial charge is 0.0632 e. The Morgan fingerprint density at radius 2 is 2.27 bits per heavy atom. The van der Waals surface area contributed by atoms with Gasteiger partial charge in [0.15, 0.2) is 0 Å². The molecule has 2 rings (SSSR count). The van der Waals surface area contributed by atoms with E-state index in [1.165, 1.54) is 0 Å². The second kappa shape index (κ2) is 4.51. The van der Waals surface area contributed by atoms with Gasteiger partial charge in [0.05, 0.1) is 5.54 Å². The minimum absolute atomic E-state index is 0.0177. The maximum Gasteiger partial charge on any atom is 0.0632 e. The summed E-state index contributed by atoms with van der Waals surface area (Å²) in [7, 11) is 0. The Labute approximate surface area is 98.6 Å². The summed E-state index contributed by atoms with van der Waals surface area (Å²) in [5, 5.41) is 6.88. The lowest BCUT2D eigenvalue weighted by molar-refractivity contribution is 0.523. The summed E-state index contributed by atoms with van der Waals surface area (Å²) in [6, 6.07) is 8.14. The Morgan fingerprint density at radius 1 is 1.47 bits per heavy atom. The number of benzene rings is 1. The summed E-state index contributed by atoms with van der Waals surface area (Å²) in [6.45, 7) is 2.63. The number of rotatable bonds is 3. The molecule has 0 aromatic heterocycles. The fraction of sp³-hybridized carbons (Fsp3) is 0.455. The van der Waals surface area contributed by atoms with Gasteiger partial charge in [-0.2, -0.15) is 0 Å². The normalized spacial score (nSPS) is 25.5. The Morgan fingerprint density at radius 3 is 2.87 bits per heavy atom. The predicted octanol–water partition coefficient (Wildman–Crippen LogP) is 1.55. The molecule has 0 radical (unpaired) electrons. The first-order chi connectivity index (χ1) is 7.26. The van der Waals surface area contributed by atoms with Crippen molar-refractivity contribution in [1.29, 1.82) is 0 Å². The van der Waals surface area contributed by atoms with Crippen molar-refractivity contribution in [1.82, 2.24) is 5.32 Å². The van der Waals surface area contributed by atoms with Crippen LogP contribution in [0, 0.1) is 0 Å². The Kier molecular flexibility index (Phi) is 3.29. The largest absolute Gasteiger partial charge is 0.376 e. The zero-order valence-electron chi connectivity index (χ0n) is 8.59. The maximum absolute atomic E-state index is 5.85. The monoisotopic (exact) mass is 269 g/mol. The summed E-state index contributed by atoms with van der Waals surface area (Å²) in [4.78, 5) is 0. The van der Waals surface area contributed by atoms with Gasteiger partial charge in [-0.25, -0.2) is 0 Å². The molecular weight excluding hydrogens is 254 g/mol. The van der Waals surface area contributed by atoms with Crippen molar-refractivity contribution in [2.24, 2.45) is 5.73 Å². The van der Waals surface area contributed by atoms with Crippen LogP contribution in [0.1, 0.15) is 6.42 Å². The molecule has 4 heteroatoms. The lowest BCUT2D eigenvalue weighted by Crippen LogP contribution is -2.47.